The van der Waals surface area contributed by atoms with Gasteiger partial charge in [0.15, 0.2) is 0 Å². The Balaban J connectivity index is 1.52. The van der Waals surface area contributed by atoms with Gasteiger partial charge in [0, 0.05) is 33.1 Å². The number of hydrogen-bond acceptors (Lipinski definition) is 3. The van der Waals surface area contributed by atoms with E-state index in [-0.39, 0.29) is 29.5 Å². The van der Waals surface area contributed by atoms with Crippen LogP contribution in [0.25, 0.3) is 0 Å². The molecule has 0 bridgehead atoms. The Morgan fingerprint density at radius 1 is 1.08 bits per heavy atom. The molecule has 2 aliphatic heterocycles. The van der Waals surface area contributed by atoms with E-state index in [9.17, 15) is 19.1 Å². The van der Waals surface area contributed by atoms with E-state index in [4.69, 9.17) is 0 Å². The number of piperidine rings is 1. The Bertz CT molecular complexity index is 626. The number of aliphatic hydroxyl groups excluding tert-OH is 1. The van der Waals surface area contributed by atoms with Crippen LogP contribution >= 0.6 is 0 Å². The predicted octanol–water partition coefficient (Wildman–Crippen LogP) is 1.97. The summed E-state index contributed by atoms with van der Waals surface area (Å²) in [7, 11) is 0. The number of amides is 2. The molecule has 5 nitrogen and oxygen atoms in total. The Morgan fingerprint density at radius 2 is 1.68 bits per heavy atom. The fourth-order valence-electron chi connectivity index (χ4n) is 3.87. The van der Waals surface area contributed by atoms with Crippen LogP contribution in [0.2, 0.25) is 0 Å². The summed E-state index contributed by atoms with van der Waals surface area (Å²) in [5.74, 6) is -0.184. The average molecular weight is 348 g/mol. The zero-order valence-electron chi connectivity index (χ0n) is 14.5. The van der Waals surface area contributed by atoms with Gasteiger partial charge in [0.2, 0.25) is 11.8 Å². The van der Waals surface area contributed by atoms with Crippen LogP contribution in [0.1, 0.15) is 37.9 Å². The Labute approximate surface area is 147 Å². The first-order valence-electron chi connectivity index (χ1n) is 8.93. The highest BCUT2D eigenvalue weighted by atomic mass is 19.1. The highest BCUT2D eigenvalue weighted by Crippen LogP contribution is 2.32. The highest BCUT2D eigenvalue weighted by Gasteiger charge is 2.35. The van der Waals surface area contributed by atoms with Gasteiger partial charge in [0.05, 0.1) is 12.0 Å². The lowest BCUT2D eigenvalue weighted by molar-refractivity contribution is -0.137. The average Bonchev–Trinajstić information content (AvgIpc) is 3.12. The zero-order valence-corrected chi connectivity index (χ0v) is 14.5. The van der Waals surface area contributed by atoms with Crippen molar-refractivity contribution in [2.24, 2.45) is 11.8 Å². The van der Waals surface area contributed by atoms with Crippen molar-refractivity contribution in [1.29, 1.82) is 0 Å². The number of hydrogen-bond donors (Lipinski definition) is 1. The molecule has 0 aliphatic carbocycles. The van der Waals surface area contributed by atoms with E-state index in [0.717, 1.165) is 24.8 Å². The van der Waals surface area contributed by atoms with Crippen molar-refractivity contribution in [2.75, 3.05) is 26.2 Å². The quantitative estimate of drug-likeness (QED) is 0.908. The summed E-state index contributed by atoms with van der Waals surface area (Å²) in [5, 5.41) is 10.5. The van der Waals surface area contributed by atoms with E-state index in [2.05, 4.69) is 0 Å². The second-order valence-corrected chi connectivity index (χ2v) is 7.11. The van der Waals surface area contributed by atoms with E-state index in [0.29, 0.717) is 26.2 Å². The second kappa shape index (κ2) is 7.52. The third kappa shape index (κ3) is 4.00. The monoisotopic (exact) mass is 348 g/mol. The van der Waals surface area contributed by atoms with Crippen LogP contribution in [0.3, 0.4) is 0 Å². The summed E-state index contributed by atoms with van der Waals surface area (Å²) in [4.78, 5) is 27.6. The summed E-state index contributed by atoms with van der Waals surface area (Å²) in [6.45, 7) is 3.96. The van der Waals surface area contributed by atoms with Crippen LogP contribution in [0.5, 0.6) is 0 Å². The summed E-state index contributed by atoms with van der Waals surface area (Å²) >= 11 is 0. The van der Waals surface area contributed by atoms with E-state index in [1.165, 1.54) is 19.1 Å². The molecule has 0 spiro atoms. The van der Waals surface area contributed by atoms with Crippen LogP contribution in [0.4, 0.5) is 4.39 Å². The van der Waals surface area contributed by atoms with Crippen LogP contribution in [-0.4, -0.2) is 52.9 Å². The molecule has 1 aromatic rings. The van der Waals surface area contributed by atoms with Crippen molar-refractivity contribution < 1.29 is 19.1 Å². The molecule has 2 fully saturated rings. The van der Waals surface area contributed by atoms with Gasteiger partial charge in [-0.25, -0.2) is 4.39 Å². The van der Waals surface area contributed by atoms with E-state index in [1.807, 2.05) is 4.90 Å². The molecule has 0 aromatic heterocycles. The standard InChI is InChI=1S/C19H25FN2O3/c1-13(23)22-11-8-16(12-22)19(25)21-9-6-15(7-10-21)18(24)14-2-4-17(20)5-3-14/h2-5,15-16,18,24H,6-12H2,1H3. The van der Waals surface area contributed by atoms with Crippen LogP contribution in [-0.2, 0) is 9.59 Å². The van der Waals surface area contributed by atoms with Gasteiger partial charge in [0.25, 0.3) is 0 Å². The molecule has 0 saturated carbocycles. The number of halogens is 1. The maximum absolute atomic E-state index is 13.0. The molecule has 2 aliphatic rings. The molecular weight excluding hydrogens is 323 g/mol. The first-order chi connectivity index (χ1) is 12.0. The van der Waals surface area contributed by atoms with Crippen molar-refractivity contribution in [3.8, 4) is 0 Å². The molecule has 2 saturated heterocycles. The van der Waals surface area contributed by atoms with Gasteiger partial charge in [-0.15, -0.1) is 0 Å². The van der Waals surface area contributed by atoms with Crippen molar-refractivity contribution in [3.63, 3.8) is 0 Å². The molecule has 1 N–H and O–H groups in total. The molecular formula is C19H25FN2O3. The maximum atomic E-state index is 13.0. The van der Waals surface area contributed by atoms with Crippen molar-refractivity contribution >= 4 is 11.8 Å². The maximum Gasteiger partial charge on any atom is 0.227 e. The summed E-state index contributed by atoms with van der Waals surface area (Å²) in [5.41, 5.74) is 0.721. The van der Waals surface area contributed by atoms with Gasteiger partial charge in [-0.05, 0) is 42.9 Å². The Hall–Kier alpha value is -1.95. The van der Waals surface area contributed by atoms with E-state index in [1.54, 1.807) is 17.0 Å². The lowest BCUT2D eigenvalue weighted by Crippen LogP contribution is -2.43. The Kier molecular flexibility index (Phi) is 5.37. The predicted molar refractivity (Wildman–Crippen MR) is 91.0 cm³/mol. The SMILES string of the molecule is CC(=O)N1CCC(C(=O)N2CCC(C(O)c3ccc(F)cc3)CC2)C1. The smallest absolute Gasteiger partial charge is 0.227 e. The third-order valence-corrected chi connectivity index (χ3v) is 5.49. The minimum atomic E-state index is -0.627. The third-order valence-electron chi connectivity index (χ3n) is 5.49. The molecule has 3 rings (SSSR count). The van der Waals surface area contributed by atoms with Gasteiger partial charge in [-0.3, -0.25) is 9.59 Å². The topological polar surface area (TPSA) is 60.9 Å². The second-order valence-electron chi connectivity index (χ2n) is 7.11. The van der Waals surface area contributed by atoms with E-state index >= 15 is 0 Å². The molecule has 2 amide bonds. The van der Waals surface area contributed by atoms with Crippen molar-refractivity contribution in [1.82, 2.24) is 9.80 Å². The van der Waals surface area contributed by atoms with Crippen molar-refractivity contribution in [3.05, 3.63) is 35.6 Å². The first kappa shape index (κ1) is 17.9. The Morgan fingerprint density at radius 3 is 2.24 bits per heavy atom. The molecule has 136 valence electrons. The lowest BCUT2D eigenvalue weighted by atomic mass is 9.87. The van der Waals surface area contributed by atoms with Gasteiger partial charge in [-0.1, -0.05) is 12.1 Å². The van der Waals surface area contributed by atoms with Crippen LogP contribution in [0, 0.1) is 17.7 Å². The number of likely N-dealkylation sites (tertiary alicyclic amines) is 2. The fraction of sp³-hybridized carbons (Fsp3) is 0.579. The highest BCUT2D eigenvalue weighted by molar-refractivity contribution is 5.81. The number of aliphatic hydroxyl groups is 1. The number of rotatable bonds is 3. The molecule has 2 atom stereocenters. The van der Waals surface area contributed by atoms with Gasteiger partial charge in [0.1, 0.15) is 5.82 Å². The fourth-order valence-corrected chi connectivity index (χ4v) is 3.87. The zero-order chi connectivity index (χ0) is 18.0. The van der Waals surface area contributed by atoms with E-state index < -0.39 is 6.10 Å². The van der Waals surface area contributed by atoms with Crippen molar-refractivity contribution in [2.45, 2.75) is 32.3 Å². The van der Waals surface area contributed by atoms with Crippen LogP contribution < -0.4 is 0 Å². The first-order valence-corrected chi connectivity index (χ1v) is 8.93. The molecule has 6 heteroatoms. The molecule has 2 unspecified atom stereocenters. The summed E-state index contributed by atoms with van der Waals surface area (Å²) in [6, 6.07) is 5.95. The number of carbonyl (C=O) groups is 2. The van der Waals surface area contributed by atoms with Gasteiger partial charge >= 0.3 is 0 Å². The summed E-state index contributed by atoms with van der Waals surface area (Å²) in [6.07, 6.45) is 1.56. The summed E-state index contributed by atoms with van der Waals surface area (Å²) < 4.78 is 13.0. The normalized spacial score (nSPS) is 22.9. The van der Waals surface area contributed by atoms with Gasteiger partial charge in [-0.2, -0.15) is 0 Å². The molecule has 1 aromatic carbocycles. The van der Waals surface area contributed by atoms with Crippen LogP contribution in [0.15, 0.2) is 24.3 Å². The minimum absolute atomic E-state index is 0.0245. The number of nitrogens with zero attached hydrogens (tertiary/aromatic N) is 2. The largest absolute Gasteiger partial charge is 0.388 e. The number of benzene rings is 1. The minimum Gasteiger partial charge on any atom is -0.388 e. The molecule has 2 heterocycles. The number of carbonyl (C=O) groups excluding carboxylic acids is 2. The molecule has 0 radical (unpaired) electrons. The lowest BCUT2D eigenvalue weighted by Gasteiger charge is -2.35. The molecule has 25 heavy (non-hydrogen) atoms. The van der Waals surface area contributed by atoms with Gasteiger partial charge < -0.3 is 14.9 Å².